The van der Waals surface area contributed by atoms with Crippen LogP contribution in [0.2, 0.25) is 0 Å². The van der Waals surface area contributed by atoms with Gasteiger partial charge in [-0.3, -0.25) is 0 Å². The van der Waals surface area contributed by atoms with Crippen LogP contribution in [0.15, 0.2) is 5.38 Å². The number of thiazole rings is 1. The van der Waals surface area contributed by atoms with Gasteiger partial charge in [-0.05, 0) is 6.92 Å². The Morgan fingerprint density at radius 1 is 1.64 bits per heavy atom. The zero-order chi connectivity index (χ0) is 8.43. The molecule has 1 unspecified atom stereocenters. The van der Waals surface area contributed by atoms with Gasteiger partial charge in [0, 0.05) is 11.4 Å². The van der Waals surface area contributed by atoms with E-state index in [0.717, 1.165) is 11.3 Å². The molecule has 0 bridgehead atoms. The Bertz CT molecular complexity index is 212. The molecule has 1 rings (SSSR count). The Morgan fingerprint density at radius 3 is 2.55 bits per heavy atom. The van der Waals surface area contributed by atoms with E-state index in [9.17, 15) is 8.78 Å². The molecule has 62 valence electrons. The van der Waals surface area contributed by atoms with Crippen molar-refractivity contribution in [2.24, 2.45) is 5.73 Å². The molecule has 1 atom stereocenters. The molecule has 0 saturated heterocycles. The van der Waals surface area contributed by atoms with Crippen LogP contribution in [0, 0.1) is 0 Å². The molecule has 0 amide bonds. The summed E-state index contributed by atoms with van der Waals surface area (Å²) in [5.74, 6) is 0. The van der Waals surface area contributed by atoms with E-state index in [4.69, 9.17) is 5.73 Å². The molecule has 11 heavy (non-hydrogen) atoms. The van der Waals surface area contributed by atoms with E-state index < -0.39 is 6.43 Å². The zero-order valence-corrected chi connectivity index (χ0v) is 6.74. The Labute approximate surface area is 67.1 Å². The van der Waals surface area contributed by atoms with Crippen LogP contribution in [0.3, 0.4) is 0 Å². The van der Waals surface area contributed by atoms with E-state index in [1.807, 2.05) is 0 Å². The second-order valence-corrected chi connectivity index (χ2v) is 3.09. The summed E-state index contributed by atoms with van der Waals surface area (Å²) in [6.07, 6.45) is -2.48. The lowest BCUT2D eigenvalue weighted by molar-refractivity contribution is 0.150. The summed E-state index contributed by atoms with van der Waals surface area (Å²) in [5.41, 5.74) is 5.96. The number of alkyl halides is 2. The molecule has 0 spiro atoms. The molecule has 1 aromatic rings. The van der Waals surface area contributed by atoms with Crippen molar-refractivity contribution in [3.63, 3.8) is 0 Å². The molecule has 0 saturated carbocycles. The Kier molecular flexibility index (Phi) is 2.51. The van der Waals surface area contributed by atoms with Gasteiger partial charge in [0.15, 0.2) is 5.01 Å². The van der Waals surface area contributed by atoms with Crippen LogP contribution < -0.4 is 5.73 Å². The van der Waals surface area contributed by atoms with Crippen molar-refractivity contribution >= 4 is 11.3 Å². The molecule has 5 heteroatoms. The van der Waals surface area contributed by atoms with Crippen molar-refractivity contribution in [2.75, 3.05) is 0 Å². The van der Waals surface area contributed by atoms with Gasteiger partial charge in [0.05, 0.1) is 5.69 Å². The first-order valence-electron chi connectivity index (χ1n) is 3.10. The lowest BCUT2D eigenvalue weighted by Crippen LogP contribution is -2.05. The third-order valence-corrected chi connectivity index (χ3v) is 2.06. The number of hydrogen-bond donors (Lipinski definition) is 1. The summed E-state index contributed by atoms with van der Waals surface area (Å²) in [7, 11) is 0. The van der Waals surface area contributed by atoms with E-state index >= 15 is 0 Å². The van der Waals surface area contributed by atoms with Crippen LogP contribution in [0.5, 0.6) is 0 Å². The van der Waals surface area contributed by atoms with Crippen LogP contribution in [-0.4, -0.2) is 4.98 Å². The highest BCUT2D eigenvalue weighted by molar-refractivity contribution is 7.09. The third-order valence-electron chi connectivity index (χ3n) is 1.19. The van der Waals surface area contributed by atoms with Crippen molar-refractivity contribution in [3.05, 3.63) is 16.1 Å². The maximum atomic E-state index is 12.0. The highest BCUT2D eigenvalue weighted by Gasteiger charge is 2.13. The van der Waals surface area contributed by atoms with Crippen molar-refractivity contribution in [1.29, 1.82) is 0 Å². The molecule has 0 aromatic carbocycles. The fraction of sp³-hybridized carbons (Fsp3) is 0.500. The number of rotatable bonds is 2. The maximum absolute atomic E-state index is 12.0. The topological polar surface area (TPSA) is 38.9 Å². The SMILES string of the molecule is CC(N)c1csc(C(F)F)n1. The molecule has 2 nitrogen and oxygen atoms in total. The van der Waals surface area contributed by atoms with E-state index in [1.165, 1.54) is 0 Å². The van der Waals surface area contributed by atoms with Gasteiger partial charge in [-0.25, -0.2) is 13.8 Å². The fourth-order valence-electron chi connectivity index (χ4n) is 0.610. The largest absolute Gasteiger partial charge is 0.323 e. The summed E-state index contributed by atoms with van der Waals surface area (Å²) in [4.78, 5) is 3.65. The van der Waals surface area contributed by atoms with E-state index in [2.05, 4.69) is 4.98 Å². The maximum Gasteiger partial charge on any atom is 0.289 e. The van der Waals surface area contributed by atoms with Gasteiger partial charge in [-0.1, -0.05) is 0 Å². The van der Waals surface area contributed by atoms with Crippen LogP contribution in [0.4, 0.5) is 8.78 Å². The average molecular weight is 178 g/mol. The van der Waals surface area contributed by atoms with Crippen LogP contribution in [-0.2, 0) is 0 Å². The van der Waals surface area contributed by atoms with Crippen molar-refractivity contribution in [2.45, 2.75) is 19.4 Å². The smallest absolute Gasteiger partial charge is 0.289 e. The van der Waals surface area contributed by atoms with Gasteiger partial charge in [0.1, 0.15) is 0 Å². The molecular weight excluding hydrogens is 170 g/mol. The van der Waals surface area contributed by atoms with Gasteiger partial charge in [0.2, 0.25) is 0 Å². The summed E-state index contributed by atoms with van der Waals surface area (Å²) in [6, 6.07) is -0.265. The molecular formula is C6H8F2N2S. The van der Waals surface area contributed by atoms with Gasteiger partial charge in [-0.2, -0.15) is 0 Å². The summed E-state index contributed by atoms with van der Waals surface area (Å²) in [5, 5.41) is 1.41. The predicted molar refractivity (Wildman–Crippen MR) is 39.7 cm³/mol. The lowest BCUT2D eigenvalue weighted by Gasteiger charge is -1.96. The van der Waals surface area contributed by atoms with Crippen LogP contribution in [0.25, 0.3) is 0 Å². The molecule has 2 N–H and O–H groups in total. The summed E-state index contributed by atoms with van der Waals surface area (Å²) >= 11 is 0.945. The van der Waals surface area contributed by atoms with Gasteiger partial charge < -0.3 is 5.73 Å². The molecule has 0 aliphatic heterocycles. The minimum atomic E-state index is -2.48. The van der Waals surface area contributed by atoms with E-state index in [0.29, 0.717) is 5.69 Å². The molecule has 0 radical (unpaired) electrons. The van der Waals surface area contributed by atoms with Gasteiger partial charge in [0.25, 0.3) is 6.43 Å². The first kappa shape index (κ1) is 8.55. The minimum Gasteiger partial charge on any atom is -0.323 e. The Morgan fingerprint density at radius 2 is 2.27 bits per heavy atom. The van der Waals surface area contributed by atoms with Crippen molar-refractivity contribution < 1.29 is 8.78 Å². The molecule has 0 fully saturated rings. The number of nitrogens with two attached hydrogens (primary N) is 1. The third kappa shape index (κ3) is 1.94. The Hall–Kier alpha value is -0.550. The second-order valence-electron chi connectivity index (χ2n) is 2.20. The summed E-state index contributed by atoms with van der Waals surface area (Å²) < 4.78 is 23.9. The first-order chi connectivity index (χ1) is 5.11. The summed E-state index contributed by atoms with van der Waals surface area (Å²) in [6.45, 7) is 1.71. The molecule has 0 aliphatic carbocycles. The first-order valence-corrected chi connectivity index (χ1v) is 3.98. The molecule has 0 aliphatic rings. The van der Waals surface area contributed by atoms with Crippen molar-refractivity contribution in [3.8, 4) is 0 Å². The predicted octanol–water partition coefficient (Wildman–Crippen LogP) is 2.10. The lowest BCUT2D eigenvalue weighted by atomic mass is 10.3. The average Bonchev–Trinajstić information content (AvgIpc) is 2.33. The van der Waals surface area contributed by atoms with Gasteiger partial charge in [-0.15, -0.1) is 11.3 Å². The standard InChI is InChI=1S/C6H8F2N2S/c1-3(9)4-2-11-6(10-4)5(7)8/h2-3,5H,9H2,1H3. The highest BCUT2D eigenvalue weighted by Crippen LogP contribution is 2.24. The monoisotopic (exact) mass is 178 g/mol. The zero-order valence-electron chi connectivity index (χ0n) is 5.92. The number of hydrogen-bond acceptors (Lipinski definition) is 3. The van der Waals surface area contributed by atoms with E-state index in [-0.39, 0.29) is 11.0 Å². The second kappa shape index (κ2) is 3.23. The van der Waals surface area contributed by atoms with Gasteiger partial charge >= 0.3 is 0 Å². The normalized spacial score (nSPS) is 13.9. The van der Waals surface area contributed by atoms with E-state index in [1.54, 1.807) is 12.3 Å². The van der Waals surface area contributed by atoms with Crippen molar-refractivity contribution in [1.82, 2.24) is 4.98 Å². The fourth-order valence-corrected chi connectivity index (χ4v) is 1.38. The number of nitrogens with zero attached hydrogens (tertiary/aromatic N) is 1. The highest BCUT2D eigenvalue weighted by atomic mass is 32.1. The number of halogens is 2. The Balaban J connectivity index is 2.82. The van der Waals surface area contributed by atoms with Crippen LogP contribution >= 0.6 is 11.3 Å². The molecule has 1 heterocycles. The number of aromatic nitrogens is 1. The molecule has 1 aromatic heterocycles. The minimum absolute atomic E-state index is 0.155. The van der Waals surface area contributed by atoms with Crippen LogP contribution in [0.1, 0.15) is 30.1 Å². The quantitative estimate of drug-likeness (QED) is 0.753.